The fourth-order valence-electron chi connectivity index (χ4n) is 1.13. The number of halogens is 2. The molecule has 0 amide bonds. The molecular formula is C10H13BrFNO. The van der Waals surface area contributed by atoms with Gasteiger partial charge in [-0.3, -0.25) is 5.32 Å². The molecule has 0 aliphatic carbocycles. The molecule has 0 bridgehead atoms. The maximum Gasteiger partial charge on any atom is 0.126 e. The van der Waals surface area contributed by atoms with Gasteiger partial charge in [0.25, 0.3) is 0 Å². The topological polar surface area (TPSA) is 21.3 Å². The molecule has 0 heterocycles. The van der Waals surface area contributed by atoms with E-state index in [4.69, 9.17) is 4.74 Å². The first-order valence-electron chi connectivity index (χ1n) is 4.37. The van der Waals surface area contributed by atoms with Crippen LogP contribution in [-0.2, 0) is 11.2 Å². The average molecular weight is 262 g/mol. The molecule has 0 aliphatic rings. The largest absolute Gasteiger partial charge is 0.370 e. The second-order valence-electron chi connectivity index (χ2n) is 2.92. The molecule has 0 atom stereocenters. The lowest BCUT2D eigenvalue weighted by atomic mass is 10.1. The van der Waals surface area contributed by atoms with Gasteiger partial charge in [0.15, 0.2) is 0 Å². The lowest BCUT2D eigenvalue weighted by Gasteiger charge is -2.05. The molecular weight excluding hydrogens is 249 g/mol. The van der Waals surface area contributed by atoms with Crippen LogP contribution in [-0.4, -0.2) is 20.4 Å². The van der Waals surface area contributed by atoms with Crippen molar-refractivity contribution in [1.82, 2.24) is 5.32 Å². The van der Waals surface area contributed by atoms with Crippen LogP contribution in [0.1, 0.15) is 5.56 Å². The Balaban J connectivity index is 2.45. The molecule has 4 heteroatoms. The van der Waals surface area contributed by atoms with E-state index in [-0.39, 0.29) is 5.82 Å². The van der Waals surface area contributed by atoms with Crippen LogP contribution in [0.3, 0.4) is 0 Å². The third-order valence-corrected chi connectivity index (χ3v) is 2.32. The van der Waals surface area contributed by atoms with E-state index in [0.29, 0.717) is 25.3 Å². The molecule has 1 N–H and O–H groups in total. The molecule has 0 aliphatic heterocycles. The number of rotatable bonds is 5. The Bertz CT molecular complexity index is 293. The molecule has 14 heavy (non-hydrogen) atoms. The fourth-order valence-corrected chi connectivity index (χ4v) is 1.54. The Kier molecular flexibility index (Phi) is 5.07. The summed E-state index contributed by atoms with van der Waals surface area (Å²) in [6, 6.07) is 4.96. The molecule has 1 aromatic carbocycles. The van der Waals surface area contributed by atoms with Crippen molar-refractivity contribution < 1.29 is 9.13 Å². The highest BCUT2D eigenvalue weighted by atomic mass is 79.9. The highest BCUT2D eigenvalue weighted by Crippen LogP contribution is 2.15. The van der Waals surface area contributed by atoms with Gasteiger partial charge < -0.3 is 4.74 Å². The first kappa shape index (κ1) is 11.6. The molecule has 2 nitrogen and oxygen atoms in total. The van der Waals surface area contributed by atoms with Gasteiger partial charge in [-0.25, -0.2) is 4.39 Å². The molecule has 0 aromatic heterocycles. The van der Waals surface area contributed by atoms with Crippen molar-refractivity contribution in [2.45, 2.75) is 6.42 Å². The third-order valence-electron chi connectivity index (χ3n) is 1.83. The number of nitrogens with one attached hydrogen (secondary N) is 1. The van der Waals surface area contributed by atoms with E-state index in [9.17, 15) is 4.39 Å². The number of benzene rings is 1. The Morgan fingerprint density at radius 2 is 2.29 bits per heavy atom. The van der Waals surface area contributed by atoms with E-state index in [1.165, 1.54) is 6.07 Å². The van der Waals surface area contributed by atoms with Crippen molar-refractivity contribution in [2.24, 2.45) is 0 Å². The van der Waals surface area contributed by atoms with Crippen LogP contribution >= 0.6 is 15.9 Å². The van der Waals surface area contributed by atoms with Gasteiger partial charge in [-0.15, -0.1) is 0 Å². The molecule has 1 aromatic rings. The molecule has 0 fully saturated rings. The molecule has 0 saturated heterocycles. The van der Waals surface area contributed by atoms with Crippen LogP contribution in [0.2, 0.25) is 0 Å². The maximum atomic E-state index is 13.2. The van der Waals surface area contributed by atoms with E-state index >= 15 is 0 Å². The number of hydrogen-bond donors (Lipinski definition) is 1. The summed E-state index contributed by atoms with van der Waals surface area (Å²) in [5, 5.41) is 3.03. The molecule has 0 unspecified atom stereocenters. The zero-order valence-electron chi connectivity index (χ0n) is 8.02. The monoisotopic (exact) mass is 261 g/mol. The van der Waals surface area contributed by atoms with E-state index < -0.39 is 0 Å². The highest BCUT2D eigenvalue weighted by Gasteiger charge is 2.01. The van der Waals surface area contributed by atoms with Crippen LogP contribution < -0.4 is 5.32 Å². The summed E-state index contributed by atoms with van der Waals surface area (Å²) in [5.41, 5.74) is 0.711. The Hall–Kier alpha value is -0.450. The number of hydrogen-bond acceptors (Lipinski definition) is 2. The molecule has 1 rings (SSSR count). The van der Waals surface area contributed by atoms with Gasteiger partial charge in [0, 0.05) is 18.1 Å². The fraction of sp³-hybridized carbons (Fsp3) is 0.400. The quantitative estimate of drug-likeness (QED) is 0.649. The Labute approximate surface area is 91.6 Å². The van der Waals surface area contributed by atoms with Gasteiger partial charge in [0.2, 0.25) is 0 Å². The lowest BCUT2D eigenvalue weighted by molar-refractivity contribution is 0.176. The van der Waals surface area contributed by atoms with E-state index in [1.54, 1.807) is 19.2 Å². The minimum absolute atomic E-state index is 0.160. The van der Waals surface area contributed by atoms with Crippen molar-refractivity contribution in [3.8, 4) is 0 Å². The SMILES string of the molecule is COCNCCc1cc(Br)ccc1F. The number of methoxy groups -OCH3 is 1. The van der Waals surface area contributed by atoms with Gasteiger partial charge in [-0.1, -0.05) is 15.9 Å². The van der Waals surface area contributed by atoms with Gasteiger partial charge in [0.1, 0.15) is 5.82 Å². The summed E-state index contributed by atoms with van der Waals surface area (Å²) in [7, 11) is 1.62. The van der Waals surface area contributed by atoms with Crippen LogP contribution in [0, 0.1) is 5.82 Å². The summed E-state index contributed by atoms with van der Waals surface area (Å²) < 4.78 is 18.9. The minimum atomic E-state index is -0.160. The van der Waals surface area contributed by atoms with Crippen molar-refractivity contribution in [3.05, 3.63) is 34.1 Å². The highest BCUT2D eigenvalue weighted by molar-refractivity contribution is 9.10. The first-order valence-corrected chi connectivity index (χ1v) is 5.17. The number of ether oxygens (including phenoxy) is 1. The second-order valence-corrected chi connectivity index (χ2v) is 3.83. The van der Waals surface area contributed by atoms with Gasteiger partial charge >= 0.3 is 0 Å². The third kappa shape index (κ3) is 3.74. The first-order chi connectivity index (χ1) is 6.74. The second kappa shape index (κ2) is 6.11. The lowest BCUT2D eigenvalue weighted by Crippen LogP contribution is -2.19. The standard InChI is InChI=1S/C10H13BrFNO/c1-14-7-13-5-4-8-6-9(11)2-3-10(8)12/h2-3,6,13H,4-5,7H2,1H3. The summed E-state index contributed by atoms with van der Waals surface area (Å²) >= 11 is 3.31. The predicted octanol–water partition coefficient (Wildman–Crippen LogP) is 2.32. The van der Waals surface area contributed by atoms with E-state index in [1.807, 2.05) is 0 Å². The van der Waals surface area contributed by atoms with Crippen molar-refractivity contribution in [3.63, 3.8) is 0 Å². The van der Waals surface area contributed by atoms with Crippen LogP contribution in [0.5, 0.6) is 0 Å². The van der Waals surface area contributed by atoms with Gasteiger partial charge in [0.05, 0.1) is 6.73 Å². The zero-order valence-corrected chi connectivity index (χ0v) is 9.60. The van der Waals surface area contributed by atoms with Gasteiger partial charge in [-0.05, 0) is 30.2 Å². The zero-order chi connectivity index (χ0) is 10.4. The van der Waals surface area contributed by atoms with Crippen LogP contribution in [0.15, 0.2) is 22.7 Å². The Morgan fingerprint density at radius 3 is 3.00 bits per heavy atom. The van der Waals surface area contributed by atoms with Crippen molar-refractivity contribution in [2.75, 3.05) is 20.4 Å². The average Bonchev–Trinajstić information content (AvgIpc) is 2.18. The van der Waals surface area contributed by atoms with E-state index in [0.717, 1.165) is 4.47 Å². The maximum absolute atomic E-state index is 13.2. The molecule has 0 radical (unpaired) electrons. The molecule has 78 valence electrons. The van der Waals surface area contributed by atoms with Crippen molar-refractivity contribution >= 4 is 15.9 Å². The van der Waals surface area contributed by atoms with Crippen LogP contribution in [0.4, 0.5) is 4.39 Å². The molecule has 0 saturated carbocycles. The summed E-state index contributed by atoms with van der Waals surface area (Å²) in [6.07, 6.45) is 0.661. The Morgan fingerprint density at radius 1 is 1.50 bits per heavy atom. The minimum Gasteiger partial charge on any atom is -0.370 e. The smallest absolute Gasteiger partial charge is 0.126 e. The molecule has 0 spiro atoms. The van der Waals surface area contributed by atoms with Crippen molar-refractivity contribution in [1.29, 1.82) is 0 Å². The summed E-state index contributed by atoms with van der Waals surface area (Å²) in [5.74, 6) is -0.160. The predicted molar refractivity (Wildman–Crippen MR) is 57.7 cm³/mol. The summed E-state index contributed by atoms with van der Waals surface area (Å²) in [6.45, 7) is 1.21. The normalized spacial score (nSPS) is 10.5. The van der Waals surface area contributed by atoms with E-state index in [2.05, 4.69) is 21.2 Å². The van der Waals surface area contributed by atoms with Gasteiger partial charge in [-0.2, -0.15) is 0 Å². The van der Waals surface area contributed by atoms with Crippen LogP contribution in [0.25, 0.3) is 0 Å². The summed E-state index contributed by atoms with van der Waals surface area (Å²) in [4.78, 5) is 0.